The monoisotopic (exact) mass is 512 g/mol. The summed E-state index contributed by atoms with van der Waals surface area (Å²) in [7, 11) is 3.79. The van der Waals surface area contributed by atoms with Crippen molar-refractivity contribution < 1.29 is 0 Å². The molecule has 0 amide bonds. The lowest BCUT2D eigenvalue weighted by Crippen LogP contribution is -2.38. The zero-order chi connectivity index (χ0) is 20.1. The SMILES string of the molecule is CN=C(NCc1cccc2cccnc12)N(C)Cc1ncc(-c2ccccc2)[nH]1.I. The van der Waals surface area contributed by atoms with Crippen LogP contribution in [-0.4, -0.2) is 39.9 Å². The van der Waals surface area contributed by atoms with E-state index in [4.69, 9.17) is 0 Å². The molecule has 0 aliphatic heterocycles. The van der Waals surface area contributed by atoms with Gasteiger partial charge in [0.1, 0.15) is 5.82 Å². The molecular formula is C23H25IN6. The maximum absolute atomic E-state index is 4.52. The number of aromatic nitrogens is 3. The minimum atomic E-state index is 0. The second kappa shape index (κ2) is 10.2. The van der Waals surface area contributed by atoms with Crippen LogP contribution in [0.1, 0.15) is 11.4 Å². The van der Waals surface area contributed by atoms with E-state index in [0.717, 1.165) is 39.5 Å². The molecule has 0 saturated carbocycles. The smallest absolute Gasteiger partial charge is 0.194 e. The molecule has 0 spiro atoms. The van der Waals surface area contributed by atoms with E-state index in [1.54, 1.807) is 7.05 Å². The number of para-hydroxylation sites is 1. The van der Waals surface area contributed by atoms with Crippen LogP contribution in [0.25, 0.3) is 22.2 Å². The molecule has 2 aromatic carbocycles. The fraction of sp³-hybridized carbons (Fsp3) is 0.174. The van der Waals surface area contributed by atoms with Gasteiger partial charge in [-0.3, -0.25) is 9.98 Å². The summed E-state index contributed by atoms with van der Waals surface area (Å²) < 4.78 is 0. The van der Waals surface area contributed by atoms with E-state index >= 15 is 0 Å². The fourth-order valence-corrected chi connectivity index (χ4v) is 3.38. The average molecular weight is 512 g/mol. The van der Waals surface area contributed by atoms with E-state index in [9.17, 15) is 0 Å². The first kappa shape index (κ1) is 21.8. The van der Waals surface area contributed by atoms with Gasteiger partial charge in [-0.2, -0.15) is 0 Å². The number of rotatable bonds is 5. The number of imidazole rings is 1. The summed E-state index contributed by atoms with van der Waals surface area (Å²) >= 11 is 0. The Morgan fingerprint density at radius 3 is 2.63 bits per heavy atom. The van der Waals surface area contributed by atoms with E-state index in [1.165, 1.54) is 0 Å². The van der Waals surface area contributed by atoms with Gasteiger partial charge in [-0.15, -0.1) is 24.0 Å². The van der Waals surface area contributed by atoms with Crippen molar-refractivity contribution in [1.82, 2.24) is 25.2 Å². The van der Waals surface area contributed by atoms with E-state index in [2.05, 4.69) is 61.7 Å². The highest BCUT2D eigenvalue weighted by Gasteiger charge is 2.11. The summed E-state index contributed by atoms with van der Waals surface area (Å²) in [4.78, 5) is 18.9. The summed E-state index contributed by atoms with van der Waals surface area (Å²) in [6, 6.07) is 20.5. The van der Waals surface area contributed by atoms with E-state index in [-0.39, 0.29) is 24.0 Å². The van der Waals surface area contributed by atoms with E-state index in [1.807, 2.05) is 48.6 Å². The van der Waals surface area contributed by atoms with E-state index < -0.39 is 0 Å². The van der Waals surface area contributed by atoms with Crippen LogP contribution >= 0.6 is 24.0 Å². The topological polar surface area (TPSA) is 69.2 Å². The molecule has 0 saturated heterocycles. The summed E-state index contributed by atoms with van der Waals surface area (Å²) in [5.74, 6) is 1.69. The molecule has 0 aliphatic carbocycles. The number of halogens is 1. The van der Waals surface area contributed by atoms with Crippen molar-refractivity contribution >= 4 is 40.8 Å². The number of hydrogen-bond donors (Lipinski definition) is 2. The van der Waals surface area contributed by atoms with Crippen LogP contribution in [-0.2, 0) is 13.1 Å². The minimum absolute atomic E-state index is 0. The zero-order valence-corrected chi connectivity index (χ0v) is 19.4. The Balaban J connectivity index is 0.00000256. The highest BCUT2D eigenvalue weighted by Crippen LogP contribution is 2.17. The molecule has 0 radical (unpaired) electrons. The summed E-state index contributed by atoms with van der Waals surface area (Å²) in [6.07, 6.45) is 3.70. The molecular weight excluding hydrogens is 487 g/mol. The summed E-state index contributed by atoms with van der Waals surface area (Å²) in [6.45, 7) is 1.28. The molecule has 7 heteroatoms. The number of nitrogens with one attached hydrogen (secondary N) is 2. The molecule has 4 rings (SSSR count). The Morgan fingerprint density at radius 1 is 1.03 bits per heavy atom. The lowest BCUT2D eigenvalue weighted by atomic mass is 10.1. The molecule has 2 heterocycles. The van der Waals surface area contributed by atoms with Crippen molar-refractivity contribution in [3.8, 4) is 11.3 Å². The zero-order valence-electron chi connectivity index (χ0n) is 17.0. The number of pyridine rings is 1. The Hall–Kier alpha value is -2.94. The van der Waals surface area contributed by atoms with Crippen molar-refractivity contribution in [2.75, 3.05) is 14.1 Å². The predicted molar refractivity (Wildman–Crippen MR) is 133 cm³/mol. The van der Waals surface area contributed by atoms with Gasteiger partial charge >= 0.3 is 0 Å². The molecule has 0 fully saturated rings. The van der Waals surface area contributed by atoms with Crippen molar-refractivity contribution in [3.05, 3.63) is 84.4 Å². The second-order valence-corrected chi connectivity index (χ2v) is 6.86. The standard InChI is InChI=1S/C23H24N6.HI/c1-24-23(27-14-19-11-6-10-18-12-7-13-25-22(18)19)29(2)16-21-26-15-20(28-21)17-8-4-3-5-9-17;/h3-13,15H,14,16H2,1-2H3,(H,24,27)(H,26,28);1H. The Bertz CT molecular complexity index is 1120. The second-order valence-electron chi connectivity index (χ2n) is 6.86. The largest absolute Gasteiger partial charge is 0.352 e. The lowest BCUT2D eigenvalue weighted by molar-refractivity contribution is 0.464. The summed E-state index contributed by atoms with van der Waals surface area (Å²) in [5, 5.41) is 4.57. The highest BCUT2D eigenvalue weighted by atomic mass is 127. The van der Waals surface area contributed by atoms with Crippen LogP contribution in [0.2, 0.25) is 0 Å². The number of hydrogen-bond acceptors (Lipinski definition) is 3. The van der Waals surface area contributed by atoms with Gasteiger partial charge in [0.2, 0.25) is 0 Å². The Labute approximate surface area is 193 Å². The van der Waals surface area contributed by atoms with Crippen LogP contribution in [0.15, 0.2) is 78.0 Å². The normalized spacial score (nSPS) is 11.2. The van der Waals surface area contributed by atoms with Gasteiger partial charge < -0.3 is 15.2 Å². The Morgan fingerprint density at radius 2 is 1.83 bits per heavy atom. The fourth-order valence-electron chi connectivity index (χ4n) is 3.38. The Kier molecular flexibility index (Phi) is 7.40. The van der Waals surface area contributed by atoms with Gasteiger partial charge in [0.25, 0.3) is 0 Å². The van der Waals surface area contributed by atoms with Crippen molar-refractivity contribution in [2.24, 2.45) is 4.99 Å². The average Bonchev–Trinajstić information content (AvgIpc) is 3.23. The molecule has 2 aromatic heterocycles. The molecule has 6 nitrogen and oxygen atoms in total. The highest BCUT2D eigenvalue weighted by molar-refractivity contribution is 14.0. The van der Waals surface area contributed by atoms with Gasteiger partial charge in [-0.1, -0.05) is 54.6 Å². The number of aliphatic imine (C=N–C) groups is 1. The lowest BCUT2D eigenvalue weighted by Gasteiger charge is -2.21. The third-order valence-corrected chi connectivity index (χ3v) is 4.83. The van der Waals surface area contributed by atoms with Crippen LogP contribution in [0.3, 0.4) is 0 Å². The van der Waals surface area contributed by atoms with Gasteiger partial charge in [0, 0.05) is 32.2 Å². The molecule has 0 bridgehead atoms. The number of H-pyrrole nitrogens is 1. The van der Waals surface area contributed by atoms with Crippen molar-refractivity contribution in [3.63, 3.8) is 0 Å². The molecule has 0 aliphatic rings. The number of nitrogens with zero attached hydrogens (tertiary/aromatic N) is 4. The quantitative estimate of drug-likeness (QED) is 0.236. The first-order valence-corrected chi connectivity index (χ1v) is 9.58. The van der Waals surface area contributed by atoms with Crippen molar-refractivity contribution in [1.29, 1.82) is 0 Å². The third kappa shape index (κ3) is 4.96. The van der Waals surface area contributed by atoms with Crippen LogP contribution in [0.5, 0.6) is 0 Å². The molecule has 154 valence electrons. The van der Waals surface area contributed by atoms with Gasteiger partial charge in [0.15, 0.2) is 5.96 Å². The molecule has 2 N–H and O–H groups in total. The van der Waals surface area contributed by atoms with E-state index in [0.29, 0.717) is 13.1 Å². The number of fused-ring (bicyclic) bond motifs is 1. The maximum Gasteiger partial charge on any atom is 0.194 e. The predicted octanol–water partition coefficient (Wildman–Crippen LogP) is 4.45. The minimum Gasteiger partial charge on any atom is -0.352 e. The molecule has 30 heavy (non-hydrogen) atoms. The number of aromatic amines is 1. The maximum atomic E-state index is 4.52. The van der Waals surface area contributed by atoms with Crippen LogP contribution < -0.4 is 5.32 Å². The molecule has 0 unspecified atom stereocenters. The van der Waals surface area contributed by atoms with Gasteiger partial charge in [-0.05, 0) is 17.2 Å². The van der Waals surface area contributed by atoms with Gasteiger partial charge in [-0.25, -0.2) is 4.98 Å². The van der Waals surface area contributed by atoms with Crippen LogP contribution in [0.4, 0.5) is 0 Å². The number of guanidine groups is 1. The summed E-state index contributed by atoms with van der Waals surface area (Å²) in [5.41, 5.74) is 4.29. The molecule has 4 aromatic rings. The number of benzene rings is 2. The van der Waals surface area contributed by atoms with Crippen LogP contribution in [0, 0.1) is 0 Å². The van der Waals surface area contributed by atoms with Crippen molar-refractivity contribution in [2.45, 2.75) is 13.1 Å². The molecule has 0 atom stereocenters. The third-order valence-electron chi connectivity index (χ3n) is 4.83. The first-order chi connectivity index (χ1) is 14.2. The van der Waals surface area contributed by atoms with Gasteiger partial charge in [0.05, 0.1) is 24.0 Å². The first-order valence-electron chi connectivity index (χ1n) is 9.58.